The number of amides is 2. The van der Waals surface area contributed by atoms with Crippen molar-refractivity contribution in [3.05, 3.63) is 0 Å². The minimum absolute atomic E-state index is 0.0186. The van der Waals surface area contributed by atoms with E-state index >= 15 is 0 Å². The molecular formula is C12H22N2O3. The third-order valence-electron chi connectivity index (χ3n) is 2.93. The summed E-state index contributed by atoms with van der Waals surface area (Å²) in [6.45, 7) is 4.58. The number of likely N-dealkylation sites (tertiary alicyclic amines) is 1. The highest BCUT2D eigenvalue weighted by atomic mass is 16.5. The first-order valence-electron chi connectivity index (χ1n) is 6.18. The first kappa shape index (κ1) is 13.8. The van der Waals surface area contributed by atoms with Gasteiger partial charge in [0, 0.05) is 18.6 Å². The smallest absolute Gasteiger partial charge is 0.317 e. The van der Waals surface area contributed by atoms with Gasteiger partial charge < -0.3 is 15.0 Å². The van der Waals surface area contributed by atoms with Gasteiger partial charge in [0.05, 0.1) is 13.5 Å². The summed E-state index contributed by atoms with van der Waals surface area (Å²) in [6, 6.07) is 0.0201. The first-order valence-corrected chi connectivity index (χ1v) is 6.18. The van der Waals surface area contributed by atoms with Crippen molar-refractivity contribution in [2.75, 3.05) is 13.7 Å². The zero-order valence-electron chi connectivity index (χ0n) is 10.9. The number of esters is 1. The largest absolute Gasteiger partial charge is 0.469 e. The molecule has 2 amide bonds. The number of hydrogen-bond acceptors (Lipinski definition) is 3. The fourth-order valence-corrected chi connectivity index (χ4v) is 2.09. The van der Waals surface area contributed by atoms with Crippen LogP contribution in [0.15, 0.2) is 0 Å². The Hall–Kier alpha value is -1.26. The molecule has 0 radical (unpaired) electrons. The van der Waals surface area contributed by atoms with Crippen LogP contribution in [0.2, 0.25) is 0 Å². The highest BCUT2D eigenvalue weighted by Gasteiger charge is 2.28. The second-order valence-electron chi connectivity index (χ2n) is 4.73. The van der Waals surface area contributed by atoms with Gasteiger partial charge in [-0.1, -0.05) is 0 Å². The lowest BCUT2D eigenvalue weighted by atomic mass is 10.00. The van der Waals surface area contributed by atoms with Crippen molar-refractivity contribution in [2.24, 2.45) is 0 Å². The third-order valence-corrected chi connectivity index (χ3v) is 2.93. The minimum Gasteiger partial charge on any atom is -0.469 e. The summed E-state index contributed by atoms with van der Waals surface area (Å²) >= 11 is 0. The third kappa shape index (κ3) is 4.24. The average molecular weight is 242 g/mol. The monoisotopic (exact) mass is 242 g/mol. The Balaban J connectivity index is 2.58. The van der Waals surface area contributed by atoms with E-state index in [-0.39, 0.29) is 24.1 Å². The number of ether oxygens (including phenoxy) is 1. The molecule has 1 aliphatic rings. The number of carbonyl (C=O) groups excluding carboxylic acids is 2. The van der Waals surface area contributed by atoms with Crippen molar-refractivity contribution in [2.45, 2.75) is 51.6 Å². The van der Waals surface area contributed by atoms with Crippen LogP contribution in [0.3, 0.4) is 0 Å². The summed E-state index contributed by atoms with van der Waals surface area (Å²) in [5.74, 6) is -0.251. The van der Waals surface area contributed by atoms with E-state index < -0.39 is 0 Å². The van der Waals surface area contributed by atoms with Gasteiger partial charge in [0.2, 0.25) is 0 Å². The van der Waals surface area contributed by atoms with Gasteiger partial charge in [0.15, 0.2) is 0 Å². The van der Waals surface area contributed by atoms with Gasteiger partial charge in [0.25, 0.3) is 0 Å². The molecule has 1 saturated heterocycles. The SMILES string of the molecule is COC(=O)CC1CCCCN1C(=O)NC(C)C. The molecule has 5 nitrogen and oxygen atoms in total. The van der Waals surface area contributed by atoms with Crippen LogP contribution in [0.25, 0.3) is 0 Å². The zero-order chi connectivity index (χ0) is 12.8. The molecule has 0 aliphatic carbocycles. The number of rotatable bonds is 3. The summed E-state index contributed by atoms with van der Waals surface area (Å²) < 4.78 is 4.66. The van der Waals surface area contributed by atoms with Gasteiger partial charge >= 0.3 is 12.0 Å². The summed E-state index contributed by atoms with van der Waals surface area (Å²) in [6.07, 6.45) is 3.24. The van der Waals surface area contributed by atoms with Crippen LogP contribution >= 0.6 is 0 Å². The molecule has 1 N–H and O–H groups in total. The summed E-state index contributed by atoms with van der Waals surface area (Å²) in [7, 11) is 1.38. The van der Waals surface area contributed by atoms with E-state index in [0.29, 0.717) is 6.42 Å². The highest BCUT2D eigenvalue weighted by Crippen LogP contribution is 2.20. The van der Waals surface area contributed by atoms with Gasteiger partial charge in [-0.15, -0.1) is 0 Å². The highest BCUT2D eigenvalue weighted by molar-refractivity contribution is 5.76. The molecular weight excluding hydrogens is 220 g/mol. The topological polar surface area (TPSA) is 58.6 Å². The predicted octanol–water partition coefficient (Wildman–Crippen LogP) is 1.52. The molecule has 5 heteroatoms. The molecule has 1 heterocycles. The van der Waals surface area contributed by atoms with E-state index in [4.69, 9.17) is 0 Å². The van der Waals surface area contributed by atoms with Crippen LogP contribution in [-0.2, 0) is 9.53 Å². The van der Waals surface area contributed by atoms with E-state index in [1.807, 2.05) is 13.8 Å². The lowest BCUT2D eigenvalue weighted by Crippen LogP contribution is -2.50. The summed E-state index contributed by atoms with van der Waals surface area (Å²) in [5, 5.41) is 2.87. The van der Waals surface area contributed by atoms with Crippen molar-refractivity contribution >= 4 is 12.0 Å². The summed E-state index contributed by atoms with van der Waals surface area (Å²) in [4.78, 5) is 25.0. The first-order chi connectivity index (χ1) is 8.04. The number of nitrogens with zero attached hydrogens (tertiary/aromatic N) is 1. The lowest BCUT2D eigenvalue weighted by Gasteiger charge is -2.35. The normalized spacial score (nSPS) is 20.2. The number of urea groups is 1. The number of carbonyl (C=O) groups is 2. The molecule has 0 aromatic rings. The summed E-state index contributed by atoms with van der Waals surface area (Å²) in [5.41, 5.74) is 0. The van der Waals surface area contributed by atoms with Gasteiger partial charge in [-0.05, 0) is 33.1 Å². The van der Waals surface area contributed by atoms with Crippen LogP contribution in [-0.4, -0.2) is 42.6 Å². The molecule has 0 aromatic carbocycles. The van der Waals surface area contributed by atoms with Gasteiger partial charge in [0.1, 0.15) is 0 Å². The van der Waals surface area contributed by atoms with Gasteiger partial charge in [-0.25, -0.2) is 4.79 Å². The zero-order valence-corrected chi connectivity index (χ0v) is 10.9. The van der Waals surface area contributed by atoms with E-state index in [2.05, 4.69) is 10.1 Å². The Morgan fingerprint density at radius 1 is 1.41 bits per heavy atom. The Labute approximate surface area is 102 Å². The number of hydrogen-bond donors (Lipinski definition) is 1. The molecule has 0 saturated carbocycles. The van der Waals surface area contributed by atoms with Gasteiger partial charge in [-0.2, -0.15) is 0 Å². The number of nitrogens with one attached hydrogen (secondary N) is 1. The van der Waals surface area contributed by atoms with Crippen molar-refractivity contribution in [3.8, 4) is 0 Å². The van der Waals surface area contributed by atoms with E-state index in [1.54, 1.807) is 4.90 Å². The molecule has 98 valence electrons. The molecule has 1 fully saturated rings. The Morgan fingerprint density at radius 3 is 2.71 bits per heavy atom. The molecule has 1 rings (SSSR count). The maximum Gasteiger partial charge on any atom is 0.317 e. The quantitative estimate of drug-likeness (QED) is 0.763. The Morgan fingerprint density at radius 2 is 2.12 bits per heavy atom. The molecule has 0 spiro atoms. The molecule has 1 atom stereocenters. The van der Waals surface area contributed by atoms with E-state index in [9.17, 15) is 9.59 Å². The Kier molecular flexibility index (Phi) is 5.25. The van der Waals surface area contributed by atoms with Crippen LogP contribution in [0.4, 0.5) is 4.79 Å². The van der Waals surface area contributed by atoms with Crippen LogP contribution in [0, 0.1) is 0 Å². The second-order valence-corrected chi connectivity index (χ2v) is 4.73. The molecule has 17 heavy (non-hydrogen) atoms. The number of piperidine rings is 1. The second kappa shape index (κ2) is 6.47. The fraction of sp³-hybridized carbons (Fsp3) is 0.833. The average Bonchev–Trinajstić information content (AvgIpc) is 2.28. The molecule has 1 aliphatic heterocycles. The minimum atomic E-state index is -0.251. The van der Waals surface area contributed by atoms with Crippen molar-refractivity contribution in [1.82, 2.24) is 10.2 Å². The van der Waals surface area contributed by atoms with Crippen molar-refractivity contribution in [1.29, 1.82) is 0 Å². The lowest BCUT2D eigenvalue weighted by molar-refractivity contribution is -0.142. The molecule has 0 aromatic heterocycles. The van der Waals surface area contributed by atoms with E-state index in [0.717, 1.165) is 25.8 Å². The Bertz CT molecular complexity index is 279. The molecule has 0 bridgehead atoms. The fourth-order valence-electron chi connectivity index (χ4n) is 2.09. The van der Waals surface area contributed by atoms with Gasteiger partial charge in [-0.3, -0.25) is 4.79 Å². The van der Waals surface area contributed by atoms with Crippen molar-refractivity contribution in [3.63, 3.8) is 0 Å². The predicted molar refractivity (Wildman–Crippen MR) is 64.6 cm³/mol. The van der Waals surface area contributed by atoms with Crippen LogP contribution < -0.4 is 5.32 Å². The maximum absolute atomic E-state index is 12.0. The number of methoxy groups -OCH3 is 1. The van der Waals surface area contributed by atoms with Crippen molar-refractivity contribution < 1.29 is 14.3 Å². The van der Waals surface area contributed by atoms with Crippen LogP contribution in [0.5, 0.6) is 0 Å². The maximum atomic E-state index is 12.0. The van der Waals surface area contributed by atoms with Crippen LogP contribution in [0.1, 0.15) is 39.5 Å². The molecule has 1 unspecified atom stereocenters. The standard InChI is InChI=1S/C12H22N2O3/c1-9(2)13-12(16)14-7-5-4-6-10(14)8-11(15)17-3/h9-10H,4-8H2,1-3H3,(H,13,16). The van der Waals surface area contributed by atoms with E-state index in [1.165, 1.54) is 7.11 Å².